The summed E-state index contributed by atoms with van der Waals surface area (Å²) in [6.07, 6.45) is 6.02. The maximum atomic E-state index is 14.0. The molecule has 2 aromatic rings. The summed E-state index contributed by atoms with van der Waals surface area (Å²) in [4.78, 5) is 5.00. The second kappa shape index (κ2) is 6.20. The minimum absolute atomic E-state index is 0.316. The highest BCUT2D eigenvalue weighted by Gasteiger charge is 2.24. The van der Waals surface area contributed by atoms with E-state index >= 15 is 0 Å². The van der Waals surface area contributed by atoms with E-state index in [2.05, 4.69) is 4.98 Å². The molecule has 0 saturated heterocycles. The van der Waals surface area contributed by atoms with Gasteiger partial charge in [0, 0.05) is 18.4 Å². The molecular weight excluding hydrogens is 287 g/mol. The van der Waals surface area contributed by atoms with Gasteiger partial charge >= 0.3 is 0 Å². The molecule has 0 radical (unpaired) electrons. The van der Waals surface area contributed by atoms with Crippen molar-refractivity contribution in [3.63, 3.8) is 0 Å². The monoisotopic (exact) mass is 306 g/mol. The quantitative estimate of drug-likeness (QED) is 0.827. The predicted octanol–water partition coefficient (Wildman–Crippen LogP) is 4.80. The maximum Gasteiger partial charge on any atom is 0.192 e. The first-order chi connectivity index (χ1) is 10.2. The Morgan fingerprint density at radius 1 is 1.29 bits per heavy atom. The molecule has 1 saturated carbocycles. The van der Waals surface area contributed by atoms with Crippen LogP contribution in [0.1, 0.15) is 49.6 Å². The molecule has 0 aliphatic heterocycles. The van der Waals surface area contributed by atoms with E-state index < -0.39 is 0 Å². The molecule has 3 nitrogen and oxygen atoms in total. The van der Waals surface area contributed by atoms with Crippen molar-refractivity contribution in [1.82, 2.24) is 4.98 Å². The van der Waals surface area contributed by atoms with E-state index in [0.717, 1.165) is 36.0 Å². The third-order valence-electron chi connectivity index (χ3n) is 4.07. The molecule has 2 N–H and O–H groups in total. The number of aryl methyl sites for hydroxylation is 1. The first kappa shape index (κ1) is 14.6. The molecule has 5 heteroatoms. The zero-order valence-corrected chi connectivity index (χ0v) is 12.9. The van der Waals surface area contributed by atoms with Crippen molar-refractivity contribution >= 4 is 11.9 Å². The molecule has 112 valence electrons. The van der Waals surface area contributed by atoms with Crippen LogP contribution >= 0.6 is 11.9 Å². The van der Waals surface area contributed by atoms with Gasteiger partial charge in [-0.15, -0.1) is 0 Å². The van der Waals surface area contributed by atoms with Crippen molar-refractivity contribution < 1.29 is 8.81 Å². The van der Waals surface area contributed by atoms with Gasteiger partial charge in [-0.25, -0.2) is 9.37 Å². The molecule has 0 amide bonds. The number of nitrogens with zero attached hydrogens (tertiary/aromatic N) is 1. The van der Waals surface area contributed by atoms with Gasteiger partial charge in [0.05, 0.1) is 10.6 Å². The first-order valence-electron chi connectivity index (χ1n) is 7.33. The fourth-order valence-electron chi connectivity index (χ4n) is 3.04. The van der Waals surface area contributed by atoms with E-state index in [-0.39, 0.29) is 5.82 Å². The number of hydrogen-bond acceptors (Lipinski definition) is 4. The van der Waals surface area contributed by atoms with Gasteiger partial charge < -0.3 is 4.42 Å². The number of benzene rings is 1. The highest BCUT2D eigenvalue weighted by molar-refractivity contribution is 7.97. The minimum atomic E-state index is -0.316. The molecule has 3 rings (SSSR count). The Balaban J connectivity index is 1.99. The fraction of sp³-hybridized carbons (Fsp3) is 0.438. The number of rotatable bonds is 3. The minimum Gasteiger partial charge on any atom is -0.441 e. The lowest BCUT2D eigenvalue weighted by Gasteiger charge is -2.20. The normalized spacial score (nSPS) is 16.3. The molecule has 0 bridgehead atoms. The average molecular weight is 306 g/mol. The summed E-state index contributed by atoms with van der Waals surface area (Å²) in [5, 5.41) is 5.43. The highest BCUT2D eigenvalue weighted by atomic mass is 32.2. The van der Waals surface area contributed by atoms with Gasteiger partial charge in [-0.1, -0.05) is 19.3 Å². The van der Waals surface area contributed by atoms with E-state index in [1.165, 1.54) is 25.3 Å². The van der Waals surface area contributed by atoms with Gasteiger partial charge in [-0.2, -0.15) is 0 Å². The molecular formula is C16H19FN2OS. The van der Waals surface area contributed by atoms with Crippen LogP contribution in [0.5, 0.6) is 0 Å². The van der Waals surface area contributed by atoms with Gasteiger partial charge in [0.1, 0.15) is 5.82 Å². The highest BCUT2D eigenvalue weighted by Crippen LogP contribution is 2.38. The molecule has 0 spiro atoms. The Hall–Kier alpha value is -1.33. The van der Waals surface area contributed by atoms with Crippen molar-refractivity contribution in [3.8, 4) is 11.3 Å². The van der Waals surface area contributed by atoms with E-state index in [4.69, 9.17) is 9.56 Å². The Morgan fingerprint density at radius 3 is 2.71 bits per heavy atom. The van der Waals surface area contributed by atoms with Gasteiger partial charge in [0.15, 0.2) is 11.7 Å². The van der Waals surface area contributed by atoms with Crippen molar-refractivity contribution in [3.05, 3.63) is 35.6 Å². The lowest BCUT2D eigenvalue weighted by Crippen LogP contribution is -2.06. The third kappa shape index (κ3) is 2.99. The van der Waals surface area contributed by atoms with E-state index in [0.29, 0.717) is 22.5 Å². The lowest BCUT2D eigenvalue weighted by molar-refractivity contribution is 0.436. The second-order valence-corrected chi connectivity index (χ2v) is 6.22. The molecule has 1 aliphatic carbocycles. The summed E-state index contributed by atoms with van der Waals surface area (Å²) < 4.78 is 19.7. The van der Waals surface area contributed by atoms with Gasteiger partial charge in [0.2, 0.25) is 0 Å². The van der Waals surface area contributed by atoms with Crippen molar-refractivity contribution in [1.29, 1.82) is 0 Å². The van der Waals surface area contributed by atoms with Crippen LogP contribution in [0.15, 0.2) is 27.5 Å². The molecule has 0 atom stereocenters. The average Bonchev–Trinajstić information content (AvgIpc) is 2.90. The molecule has 1 heterocycles. The van der Waals surface area contributed by atoms with Crippen LogP contribution in [0, 0.1) is 12.7 Å². The van der Waals surface area contributed by atoms with Crippen LogP contribution in [-0.2, 0) is 0 Å². The van der Waals surface area contributed by atoms with E-state index in [9.17, 15) is 4.39 Å². The Morgan fingerprint density at radius 2 is 2.05 bits per heavy atom. The largest absolute Gasteiger partial charge is 0.441 e. The van der Waals surface area contributed by atoms with Crippen LogP contribution in [0.4, 0.5) is 4.39 Å². The number of halogens is 1. The molecule has 1 aromatic heterocycles. The smallest absolute Gasteiger partial charge is 0.192 e. The van der Waals surface area contributed by atoms with E-state index in [1.807, 2.05) is 13.0 Å². The zero-order chi connectivity index (χ0) is 14.8. The van der Waals surface area contributed by atoms with Gasteiger partial charge in [-0.3, -0.25) is 5.14 Å². The van der Waals surface area contributed by atoms with E-state index in [1.54, 1.807) is 6.07 Å². The predicted molar refractivity (Wildman–Crippen MR) is 82.5 cm³/mol. The number of oxazole rings is 1. The molecule has 1 fully saturated rings. The number of aromatic nitrogens is 1. The molecule has 1 aliphatic rings. The van der Waals surface area contributed by atoms with Gasteiger partial charge in [0.25, 0.3) is 0 Å². The van der Waals surface area contributed by atoms with Crippen LogP contribution in [0.25, 0.3) is 11.3 Å². The fourth-order valence-corrected chi connectivity index (χ4v) is 3.36. The summed E-state index contributed by atoms with van der Waals surface area (Å²) in [7, 11) is 0. The second-order valence-electron chi connectivity index (χ2n) is 5.55. The number of hydrogen-bond donors (Lipinski definition) is 1. The summed E-state index contributed by atoms with van der Waals surface area (Å²) in [6, 6.07) is 5.03. The molecule has 0 unspecified atom stereocenters. The molecule has 1 aromatic carbocycles. The molecule has 21 heavy (non-hydrogen) atoms. The van der Waals surface area contributed by atoms with Crippen LogP contribution in [0.3, 0.4) is 0 Å². The Kier molecular flexibility index (Phi) is 4.31. The topological polar surface area (TPSA) is 52.0 Å². The Bertz CT molecular complexity index is 635. The first-order valence-corrected chi connectivity index (χ1v) is 8.21. The summed E-state index contributed by atoms with van der Waals surface area (Å²) >= 11 is 0.916. The van der Waals surface area contributed by atoms with Crippen LogP contribution in [0.2, 0.25) is 0 Å². The summed E-state index contributed by atoms with van der Waals surface area (Å²) in [6.45, 7) is 1.84. The standard InChI is InChI=1S/C16H19FN2OS/c1-10-19-15(11-5-3-2-4-6-11)16(20-10)12-7-8-14(21-18)13(17)9-12/h7-9,11H,2-6,18H2,1H3. The third-order valence-corrected chi connectivity index (χ3v) is 4.66. The lowest BCUT2D eigenvalue weighted by atomic mass is 9.85. The SMILES string of the molecule is Cc1nc(C2CCCCC2)c(-c2ccc(SN)c(F)c2)o1. The van der Waals surface area contributed by atoms with Crippen molar-refractivity contribution in [2.45, 2.75) is 49.8 Å². The summed E-state index contributed by atoms with van der Waals surface area (Å²) in [5.41, 5.74) is 1.73. The van der Waals surface area contributed by atoms with Crippen LogP contribution < -0.4 is 5.14 Å². The number of nitrogens with two attached hydrogens (primary N) is 1. The maximum absolute atomic E-state index is 14.0. The summed E-state index contributed by atoms with van der Waals surface area (Å²) in [5.74, 6) is 1.47. The van der Waals surface area contributed by atoms with Gasteiger partial charge in [-0.05, 0) is 43.0 Å². The van der Waals surface area contributed by atoms with Crippen molar-refractivity contribution in [2.75, 3.05) is 0 Å². The van der Waals surface area contributed by atoms with Crippen molar-refractivity contribution in [2.24, 2.45) is 5.14 Å². The zero-order valence-electron chi connectivity index (χ0n) is 12.1. The Labute approximate surface area is 128 Å². The van der Waals surface area contributed by atoms with Crippen LogP contribution in [-0.4, -0.2) is 4.98 Å².